The number of ketones is 1. The van der Waals surface area contributed by atoms with Crippen LogP contribution in [-0.2, 0) is 0 Å². The van der Waals surface area contributed by atoms with Gasteiger partial charge in [0.15, 0.2) is 11.5 Å². The van der Waals surface area contributed by atoms with Crippen molar-refractivity contribution in [2.45, 2.75) is 6.42 Å². The summed E-state index contributed by atoms with van der Waals surface area (Å²) in [5, 5.41) is 0.452. The first kappa shape index (κ1) is 7.55. The maximum absolute atomic E-state index is 11.2. The first-order chi connectivity index (χ1) is 5.79. The van der Waals surface area contributed by atoms with Gasteiger partial charge in [0, 0.05) is 12.6 Å². The first-order valence-corrected chi connectivity index (χ1v) is 3.97. The summed E-state index contributed by atoms with van der Waals surface area (Å²) in [6.07, 6.45) is 1.90. The highest BCUT2D eigenvalue weighted by Crippen LogP contribution is 2.30. The van der Waals surface area contributed by atoms with Crippen molar-refractivity contribution in [3.63, 3.8) is 0 Å². The molecular formula is C8H6ClNO2. The molecule has 1 aromatic rings. The largest absolute Gasteiger partial charge is 0.489 e. The Balaban J connectivity index is 2.59. The van der Waals surface area contributed by atoms with E-state index >= 15 is 0 Å². The number of rotatable bonds is 0. The quantitative estimate of drug-likeness (QED) is 0.615. The normalized spacial score (nSPS) is 15.2. The van der Waals surface area contributed by atoms with Crippen molar-refractivity contribution < 1.29 is 9.53 Å². The van der Waals surface area contributed by atoms with Crippen LogP contribution in [0.25, 0.3) is 0 Å². The molecule has 62 valence electrons. The Bertz CT molecular complexity index is 338. The van der Waals surface area contributed by atoms with E-state index in [2.05, 4.69) is 4.98 Å². The monoisotopic (exact) mass is 183 g/mol. The topological polar surface area (TPSA) is 39.2 Å². The van der Waals surface area contributed by atoms with Gasteiger partial charge in [-0.1, -0.05) is 11.6 Å². The molecule has 0 N–H and O–H groups in total. The van der Waals surface area contributed by atoms with Crippen molar-refractivity contribution in [1.82, 2.24) is 4.98 Å². The number of ether oxygens (including phenoxy) is 1. The minimum absolute atomic E-state index is 0.00116. The Morgan fingerprint density at radius 1 is 1.58 bits per heavy atom. The van der Waals surface area contributed by atoms with Gasteiger partial charge < -0.3 is 4.74 Å². The number of hydrogen-bond acceptors (Lipinski definition) is 3. The molecule has 0 amide bonds. The third-order valence-electron chi connectivity index (χ3n) is 1.70. The number of Topliss-reactive ketones (excluding diaryl/α,β-unsaturated/α-hetero) is 1. The second kappa shape index (κ2) is 2.75. The molecular weight excluding hydrogens is 178 g/mol. The number of fused-ring (bicyclic) bond motifs is 1. The van der Waals surface area contributed by atoms with Gasteiger partial charge in [0.05, 0.1) is 11.6 Å². The number of aromatic nitrogens is 1. The summed E-state index contributed by atoms with van der Waals surface area (Å²) in [6.45, 7) is 0.400. The minimum Gasteiger partial charge on any atom is -0.489 e. The molecule has 2 heterocycles. The van der Waals surface area contributed by atoms with E-state index in [4.69, 9.17) is 16.3 Å². The average molecular weight is 184 g/mol. The van der Waals surface area contributed by atoms with E-state index in [-0.39, 0.29) is 5.78 Å². The molecule has 0 unspecified atom stereocenters. The molecule has 0 aliphatic carbocycles. The summed E-state index contributed by atoms with van der Waals surface area (Å²) in [4.78, 5) is 15.1. The fourth-order valence-corrected chi connectivity index (χ4v) is 1.33. The summed E-state index contributed by atoms with van der Waals surface area (Å²) in [5.41, 5.74) is 0.355. The second-order valence-electron chi connectivity index (χ2n) is 2.49. The Labute approximate surface area is 74.3 Å². The van der Waals surface area contributed by atoms with Crippen molar-refractivity contribution in [1.29, 1.82) is 0 Å². The number of carbonyl (C=O) groups excluding carboxylic acids is 1. The highest BCUT2D eigenvalue weighted by Gasteiger charge is 2.21. The number of pyridine rings is 1. The van der Waals surface area contributed by atoms with Gasteiger partial charge in [0.2, 0.25) is 0 Å². The molecule has 0 fully saturated rings. The minimum atomic E-state index is -0.00116. The number of halogens is 1. The molecule has 1 aliphatic heterocycles. The second-order valence-corrected chi connectivity index (χ2v) is 2.90. The third kappa shape index (κ3) is 1.06. The summed E-state index contributed by atoms with van der Waals surface area (Å²) in [6, 6.07) is 1.61. The summed E-state index contributed by atoms with van der Waals surface area (Å²) in [7, 11) is 0. The van der Waals surface area contributed by atoms with E-state index in [0.717, 1.165) is 0 Å². The van der Waals surface area contributed by atoms with Crippen LogP contribution >= 0.6 is 11.6 Å². The molecule has 0 saturated heterocycles. The van der Waals surface area contributed by atoms with Crippen molar-refractivity contribution in [3.8, 4) is 5.75 Å². The molecule has 0 atom stereocenters. The molecule has 3 nitrogen and oxygen atoms in total. The van der Waals surface area contributed by atoms with Crippen molar-refractivity contribution in [2.75, 3.05) is 6.61 Å². The SMILES string of the molecule is O=C1CCOc2c(Cl)ccnc21. The fourth-order valence-electron chi connectivity index (χ4n) is 1.12. The van der Waals surface area contributed by atoms with Gasteiger partial charge in [0.25, 0.3) is 0 Å². The smallest absolute Gasteiger partial charge is 0.188 e. The van der Waals surface area contributed by atoms with Crippen LogP contribution in [0.4, 0.5) is 0 Å². The Morgan fingerprint density at radius 3 is 3.17 bits per heavy atom. The lowest BCUT2D eigenvalue weighted by atomic mass is 10.1. The van der Waals surface area contributed by atoms with Crippen LogP contribution < -0.4 is 4.74 Å². The van der Waals surface area contributed by atoms with Gasteiger partial charge in [-0.25, -0.2) is 4.98 Å². The van der Waals surface area contributed by atoms with Crippen LogP contribution in [0.1, 0.15) is 16.9 Å². The van der Waals surface area contributed by atoms with Crippen LogP contribution in [0.3, 0.4) is 0 Å². The van der Waals surface area contributed by atoms with E-state index in [0.29, 0.717) is 29.5 Å². The van der Waals surface area contributed by atoms with E-state index < -0.39 is 0 Å². The molecule has 0 aromatic carbocycles. The van der Waals surface area contributed by atoms with Crippen molar-refractivity contribution in [2.24, 2.45) is 0 Å². The van der Waals surface area contributed by atoms with E-state index in [1.165, 1.54) is 6.20 Å². The lowest BCUT2D eigenvalue weighted by molar-refractivity contribution is 0.0927. The maximum Gasteiger partial charge on any atom is 0.188 e. The molecule has 0 saturated carbocycles. The van der Waals surface area contributed by atoms with Crippen molar-refractivity contribution in [3.05, 3.63) is 23.0 Å². The standard InChI is InChI=1S/C8H6ClNO2/c9-5-1-3-10-7-6(11)2-4-12-8(5)7/h1,3H,2,4H2. The van der Waals surface area contributed by atoms with Gasteiger partial charge in [-0.2, -0.15) is 0 Å². The lowest BCUT2D eigenvalue weighted by Crippen LogP contribution is -2.16. The zero-order valence-corrected chi connectivity index (χ0v) is 6.97. The zero-order valence-electron chi connectivity index (χ0n) is 6.21. The van der Waals surface area contributed by atoms with Crippen LogP contribution in [0, 0.1) is 0 Å². The van der Waals surface area contributed by atoms with E-state index in [1.807, 2.05) is 0 Å². The Morgan fingerprint density at radius 2 is 2.42 bits per heavy atom. The maximum atomic E-state index is 11.2. The molecule has 1 aromatic heterocycles. The summed E-state index contributed by atoms with van der Waals surface area (Å²) >= 11 is 5.79. The average Bonchev–Trinajstić information content (AvgIpc) is 2.07. The molecule has 2 rings (SSSR count). The van der Waals surface area contributed by atoms with E-state index in [9.17, 15) is 4.79 Å². The van der Waals surface area contributed by atoms with Gasteiger partial charge in [0.1, 0.15) is 5.69 Å². The highest BCUT2D eigenvalue weighted by molar-refractivity contribution is 6.32. The molecule has 4 heteroatoms. The van der Waals surface area contributed by atoms with Gasteiger partial charge in [-0.15, -0.1) is 0 Å². The van der Waals surface area contributed by atoms with Crippen LogP contribution in [0.15, 0.2) is 12.3 Å². The van der Waals surface area contributed by atoms with E-state index in [1.54, 1.807) is 6.07 Å². The fraction of sp³-hybridized carbons (Fsp3) is 0.250. The van der Waals surface area contributed by atoms with Gasteiger partial charge in [-0.05, 0) is 6.07 Å². The van der Waals surface area contributed by atoms with Crippen LogP contribution in [-0.4, -0.2) is 17.4 Å². The molecule has 0 radical (unpaired) electrons. The van der Waals surface area contributed by atoms with Crippen LogP contribution in [0.2, 0.25) is 5.02 Å². The van der Waals surface area contributed by atoms with Crippen LogP contribution in [0.5, 0.6) is 5.75 Å². The lowest BCUT2D eigenvalue weighted by Gasteiger charge is -2.15. The number of hydrogen-bond donors (Lipinski definition) is 0. The predicted molar refractivity (Wildman–Crippen MR) is 43.7 cm³/mol. The third-order valence-corrected chi connectivity index (χ3v) is 1.99. The first-order valence-electron chi connectivity index (χ1n) is 3.59. The Hall–Kier alpha value is -1.09. The summed E-state index contributed by atoms with van der Waals surface area (Å²) in [5.74, 6) is 0.425. The molecule has 0 bridgehead atoms. The van der Waals surface area contributed by atoms with Gasteiger partial charge >= 0.3 is 0 Å². The predicted octanol–water partition coefficient (Wildman–Crippen LogP) is 1.70. The zero-order chi connectivity index (χ0) is 8.55. The Kier molecular flexibility index (Phi) is 1.73. The van der Waals surface area contributed by atoms with Gasteiger partial charge in [-0.3, -0.25) is 4.79 Å². The van der Waals surface area contributed by atoms with Crippen molar-refractivity contribution >= 4 is 17.4 Å². The summed E-state index contributed by atoms with van der Waals surface area (Å²) < 4.78 is 5.21. The molecule has 12 heavy (non-hydrogen) atoms. The number of nitrogens with zero attached hydrogens (tertiary/aromatic N) is 1. The number of carbonyl (C=O) groups is 1. The molecule has 1 aliphatic rings. The molecule has 0 spiro atoms. The highest BCUT2D eigenvalue weighted by atomic mass is 35.5.